The second-order valence-electron chi connectivity index (χ2n) is 22.8. The van der Waals surface area contributed by atoms with E-state index < -0.39 is 38.1 Å². The van der Waals surface area contributed by atoms with Crippen molar-refractivity contribution in [2.24, 2.45) is 0 Å². The van der Waals surface area contributed by atoms with E-state index in [9.17, 15) is 0 Å². The Labute approximate surface area is 531 Å². The summed E-state index contributed by atoms with van der Waals surface area (Å²) in [5, 5.41) is 0. The maximum absolute atomic E-state index is 8.49. The van der Waals surface area contributed by atoms with Gasteiger partial charge in [0.15, 0.2) is 0 Å². The Morgan fingerprint density at radius 2 is 0.787 bits per heavy atom. The second-order valence-corrected chi connectivity index (χ2v) is 25.9. The Kier molecular flexibility index (Phi) is 19.8. The van der Waals surface area contributed by atoms with Crippen molar-refractivity contribution in [3.05, 3.63) is 250 Å². The molecule has 0 N–H and O–H groups in total. The minimum atomic E-state index is -2.79. The van der Waals surface area contributed by atoms with E-state index in [1.165, 1.54) is 66.8 Å². The SMILES string of the molecule is C=CCc1cc(C2(c3ccc(OCC4CO4)cc3)c3ccccc3-c3ccccc32)ccc1OCC1CO1.CCO[Si](CCCc1cc(C2(c3ccc(OCC4CO4)cc3)c3ccccc3-c3ccccc32)ccc1OCC1CO1)(OCC)OCC.[O]=[Pt]=[O]. The molecule has 13 nitrogen and oxygen atoms in total. The topological polar surface area (TPSA) is 149 Å². The van der Waals surface area contributed by atoms with Crippen LogP contribution in [0.3, 0.4) is 0 Å². The average molecular weight is 1400 g/mol. The molecule has 0 bridgehead atoms. The third kappa shape index (κ3) is 13.5. The number of hydrogen-bond donors (Lipinski definition) is 0. The number of aryl methyl sites for hydroxylation is 1. The van der Waals surface area contributed by atoms with Gasteiger partial charge in [0, 0.05) is 25.9 Å². The van der Waals surface area contributed by atoms with Crippen LogP contribution in [0.1, 0.15) is 82.8 Å². The third-order valence-electron chi connectivity index (χ3n) is 17.2. The number of epoxide rings is 4. The summed E-state index contributed by atoms with van der Waals surface area (Å²) in [6.07, 6.45) is 5.12. The van der Waals surface area contributed by atoms with E-state index >= 15 is 0 Å². The zero-order valence-corrected chi connectivity index (χ0v) is 53.9. The fourth-order valence-corrected chi connectivity index (χ4v) is 15.6. The molecule has 464 valence electrons. The van der Waals surface area contributed by atoms with E-state index in [4.69, 9.17) is 58.0 Å². The summed E-state index contributed by atoms with van der Waals surface area (Å²) in [6.45, 7) is 17.1. The van der Waals surface area contributed by atoms with Crippen LogP contribution >= 0.6 is 0 Å². The molecule has 2 aliphatic carbocycles. The summed E-state index contributed by atoms with van der Waals surface area (Å²) in [4.78, 5) is 0. The molecule has 15 heteroatoms. The van der Waals surface area contributed by atoms with Gasteiger partial charge in [-0.05, 0) is 154 Å². The van der Waals surface area contributed by atoms with E-state index in [2.05, 4.69) is 189 Å². The monoisotopic (exact) mass is 1400 g/mol. The number of fused-ring (bicyclic) bond motifs is 6. The van der Waals surface area contributed by atoms with Gasteiger partial charge in [-0.2, -0.15) is 0 Å². The summed E-state index contributed by atoms with van der Waals surface area (Å²) in [5.74, 6) is 3.50. The van der Waals surface area contributed by atoms with E-state index in [1.807, 2.05) is 26.8 Å². The Hall–Kier alpha value is -7.07. The van der Waals surface area contributed by atoms with Gasteiger partial charge in [-0.1, -0.05) is 152 Å². The second kappa shape index (κ2) is 28.4. The minimum absolute atomic E-state index is 0.165. The Morgan fingerprint density at radius 1 is 0.461 bits per heavy atom. The molecular formula is C74H76O13PtSi. The van der Waals surface area contributed by atoms with Gasteiger partial charge in [-0.3, -0.25) is 0 Å². The Bertz CT molecular complexity index is 3650. The number of ether oxygens (including phenoxy) is 8. The van der Waals surface area contributed by atoms with Crippen LogP contribution in [-0.2, 0) is 81.2 Å². The van der Waals surface area contributed by atoms with Crippen molar-refractivity contribution in [3.63, 3.8) is 0 Å². The van der Waals surface area contributed by atoms with E-state index in [1.54, 1.807) is 0 Å². The maximum atomic E-state index is 8.49. The van der Waals surface area contributed by atoms with Crippen molar-refractivity contribution in [3.8, 4) is 45.3 Å². The number of hydrogen-bond acceptors (Lipinski definition) is 13. The van der Waals surface area contributed by atoms with E-state index in [0.717, 1.165) is 85.9 Å². The van der Waals surface area contributed by atoms with Gasteiger partial charge < -0.3 is 51.2 Å². The molecule has 4 unspecified atom stereocenters. The predicted octanol–water partition coefficient (Wildman–Crippen LogP) is 13.7. The fraction of sp³-hybridized carbons (Fsp3) is 0.324. The molecule has 8 aromatic rings. The van der Waals surface area contributed by atoms with Crippen LogP contribution < -0.4 is 18.9 Å². The van der Waals surface area contributed by atoms with Crippen molar-refractivity contribution >= 4 is 8.80 Å². The third-order valence-corrected chi connectivity index (χ3v) is 20.3. The van der Waals surface area contributed by atoms with Crippen molar-refractivity contribution in [1.82, 2.24) is 0 Å². The Morgan fingerprint density at radius 3 is 1.13 bits per heavy atom. The Balaban J connectivity index is 0.000000169. The number of allylic oxidation sites excluding steroid dienone is 1. The molecule has 0 saturated carbocycles. The fourth-order valence-electron chi connectivity index (χ4n) is 13.0. The summed E-state index contributed by atoms with van der Waals surface area (Å²) >= 11 is -1.92. The summed E-state index contributed by atoms with van der Waals surface area (Å²) in [5.41, 5.74) is 16.3. The van der Waals surface area contributed by atoms with Gasteiger partial charge >= 0.3 is 34.1 Å². The zero-order chi connectivity index (χ0) is 61.2. The number of rotatable bonds is 28. The first kappa shape index (κ1) is 62.1. The molecule has 0 aromatic heterocycles. The van der Waals surface area contributed by atoms with Crippen molar-refractivity contribution < 1.29 is 76.5 Å². The molecular weight excluding hydrogens is 1320 g/mol. The molecule has 0 spiro atoms. The summed E-state index contributed by atoms with van der Waals surface area (Å²) in [7, 11) is -2.79. The molecule has 6 aliphatic rings. The van der Waals surface area contributed by atoms with Crippen LogP contribution in [-0.4, -0.2) is 106 Å². The molecule has 4 fully saturated rings. The zero-order valence-electron chi connectivity index (χ0n) is 50.6. The van der Waals surface area contributed by atoms with Crippen LogP contribution in [0.5, 0.6) is 23.0 Å². The van der Waals surface area contributed by atoms with Gasteiger partial charge in [-0.25, -0.2) is 0 Å². The molecule has 14 rings (SSSR count). The quantitative estimate of drug-likeness (QED) is 0.0260. The average Bonchev–Trinajstić information content (AvgIpc) is 1.58. The van der Waals surface area contributed by atoms with Crippen LogP contribution in [0.25, 0.3) is 22.3 Å². The van der Waals surface area contributed by atoms with Crippen LogP contribution in [0, 0.1) is 0 Å². The molecule has 0 radical (unpaired) electrons. The standard InChI is InChI=1S/C40H46O7Si.C34H30O4.2O.Pt/c1-4-45-48(46-5-2,47-6-3)23-11-12-29-24-31(19-22-39(29)44-28-34-27-43-34)40(30-17-20-32(21-18-30)41-25-33-26-42-33)37-15-9-7-13-35(37)36-14-8-10-16-38(36)40;1-2-7-23-18-25(14-17-33(23)38-22-28-21-37-28)34(24-12-15-26(16-13-24)35-19-27-20-36-27)31-10-5-3-8-29(31)30-9-4-6-11-32(30)34;;;/h7-10,13-22,24,33-34H,4-6,11-12,23,25-28H2,1-3H3;2-6,8-18,27-28H,1,7,19-22H2;;;. The molecule has 4 heterocycles. The van der Waals surface area contributed by atoms with Crippen molar-refractivity contribution in [2.45, 2.75) is 81.3 Å². The van der Waals surface area contributed by atoms with Crippen LogP contribution in [0.2, 0.25) is 6.04 Å². The van der Waals surface area contributed by atoms with E-state index in [0.29, 0.717) is 46.2 Å². The molecule has 4 atom stereocenters. The first-order valence-corrected chi connectivity index (χ1v) is 34.8. The molecule has 8 aromatic carbocycles. The van der Waals surface area contributed by atoms with Gasteiger partial charge in [0.2, 0.25) is 0 Å². The van der Waals surface area contributed by atoms with E-state index in [-0.39, 0.29) is 24.4 Å². The van der Waals surface area contributed by atoms with Crippen LogP contribution in [0.4, 0.5) is 0 Å². The van der Waals surface area contributed by atoms with Crippen LogP contribution in [0.15, 0.2) is 195 Å². The summed E-state index contributed by atoms with van der Waals surface area (Å²) < 4.78 is 81.7. The normalized spacial score (nSPS) is 18.7. The predicted molar refractivity (Wildman–Crippen MR) is 337 cm³/mol. The molecule has 89 heavy (non-hydrogen) atoms. The van der Waals surface area contributed by atoms with Gasteiger partial charge in [-0.15, -0.1) is 6.58 Å². The molecule has 4 saturated heterocycles. The van der Waals surface area contributed by atoms with Crippen molar-refractivity contribution in [2.75, 3.05) is 72.7 Å². The van der Waals surface area contributed by atoms with Crippen molar-refractivity contribution in [1.29, 1.82) is 0 Å². The van der Waals surface area contributed by atoms with Gasteiger partial charge in [0.1, 0.15) is 73.8 Å². The first-order chi connectivity index (χ1) is 43.8. The van der Waals surface area contributed by atoms with Gasteiger partial charge in [0.25, 0.3) is 0 Å². The molecule has 0 amide bonds. The van der Waals surface area contributed by atoms with Gasteiger partial charge in [0.05, 0.1) is 37.3 Å². The number of benzene rings is 8. The summed E-state index contributed by atoms with van der Waals surface area (Å²) in [6, 6.07) is 66.6. The molecule has 4 aliphatic heterocycles. The first-order valence-electron chi connectivity index (χ1n) is 31.0.